The number of H-pyrrole nitrogens is 1. The minimum absolute atomic E-state index is 0.844. The van der Waals surface area contributed by atoms with E-state index in [2.05, 4.69) is 107 Å². The van der Waals surface area contributed by atoms with Gasteiger partial charge in [-0.3, -0.25) is 0 Å². The van der Waals surface area contributed by atoms with Crippen molar-refractivity contribution in [2.24, 2.45) is 0 Å². The predicted molar refractivity (Wildman–Crippen MR) is 134 cm³/mol. The molecule has 0 amide bonds. The van der Waals surface area contributed by atoms with E-state index in [4.69, 9.17) is 4.98 Å². The first kappa shape index (κ1) is 18.4. The standard InChI is InChI=1S/C29H21N3/c1-3-9-22-17-24(14-13-20(22)7-1)28-19-30-29(32-28)26-11-5-6-12-27(26)31-25-16-15-21-8-2-4-10-23(21)18-25/h1-19,31H,(H,30,32). The number of nitrogens with one attached hydrogen (secondary N) is 2. The van der Waals surface area contributed by atoms with Gasteiger partial charge in [-0.25, -0.2) is 4.98 Å². The number of aromatic nitrogens is 2. The van der Waals surface area contributed by atoms with Gasteiger partial charge >= 0.3 is 0 Å². The first-order chi connectivity index (χ1) is 15.8. The summed E-state index contributed by atoms with van der Waals surface area (Å²) in [6.07, 6.45) is 1.98. The highest BCUT2D eigenvalue weighted by molar-refractivity contribution is 5.89. The second-order valence-corrected chi connectivity index (χ2v) is 7.93. The van der Waals surface area contributed by atoms with Gasteiger partial charge in [0, 0.05) is 28.7 Å². The number of benzene rings is 5. The Bertz CT molecular complexity index is 1560. The van der Waals surface area contributed by atoms with Crippen molar-refractivity contribution in [3.8, 4) is 22.6 Å². The summed E-state index contributed by atoms with van der Waals surface area (Å²) in [5, 5.41) is 8.47. The fourth-order valence-electron chi connectivity index (χ4n) is 4.18. The van der Waals surface area contributed by atoms with Crippen molar-refractivity contribution in [3.63, 3.8) is 0 Å². The highest BCUT2D eigenvalue weighted by Crippen LogP contribution is 2.31. The highest BCUT2D eigenvalue weighted by Gasteiger charge is 2.11. The maximum absolute atomic E-state index is 4.91. The van der Waals surface area contributed by atoms with Crippen LogP contribution in [0, 0.1) is 0 Å². The van der Waals surface area contributed by atoms with Gasteiger partial charge in [-0.05, 0) is 51.9 Å². The topological polar surface area (TPSA) is 40.7 Å². The number of fused-ring (bicyclic) bond motifs is 2. The number of para-hydroxylation sites is 1. The van der Waals surface area contributed by atoms with E-state index in [1.165, 1.54) is 21.5 Å². The molecule has 0 saturated carbocycles. The number of aromatic amines is 1. The molecular weight excluding hydrogens is 390 g/mol. The largest absolute Gasteiger partial charge is 0.355 e. The van der Waals surface area contributed by atoms with Gasteiger partial charge in [0.05, 0.1) is 5.69 Å². The van der Waals surface area contributed by atoms with Gasteiger partial charge in [-0.15, -0.1) is 0 Å². The van der Waals surface area contributed by atoms with Gasteiger partial charge < -0.3 is 10.3 Å². The Morgan fingerprint density at radius 1 is 0.594 bits per heavy atom. The quantitative estimate of drug-likeness (QED) is 0.311. The van der Waals surface area contributed by atoms with E-state index in [9.17, 15) is 0 Å². The summed E-state index contributed by atoms with van der Waals surface area (Å²) in [7, 11) is 0. The Labute approximate surface area is 186 Å². The van der Waals surface area contributed by atoms with E-state index in [1.54, 1.807) is 0 Å². The average molecular weight is 412 g/mol. The van der Waals surface area contributed by atoms with Gasteiger partial charge in [-0.2, -0.15) is 0 Å². The minimum atomic E-state index is 0.844. The summed E-state index contributed by atoms with van der Waals surface area (Å²) < 4.78 is 0. The molecule has 1 aromatic heterocycles. The Hall–Kier alpha value is -4.37. The van der Waals surface area contributed by atoms with Crippen LogP contribution in [0.3, 0.4) is 0 Å². The summed E-state index contributed by atoms with van der Waals surface area (Å²) >= 11 is 0. The lowest BCUT2D eigenvalue weighted by atomic mass is 10.1. The van der Waals surface area contributed by atoms with Crippen LogP contribution in [0.15, 0.2) is 115 Å². The fraction of sp³-hybridized carbons (Fsp3) is 0. The molecule has 2 N–H and O–H groups in total. The fourth-order valence-corrected chi connectivity index (χ4v) is 4.18. The predicted octanol–water partition coefficient (Wildman–Crippen LogP) is 7.79. The Balaban J connectivity index is 1.35. The lowest BCUT2D eigenvalue weighted by molar-refractivity contribution is 1.31. The van der Waals surface area contributed by atoms with Crippen LogP contribution in [-0.2, 0) is 0 Å². The molecule has 3 nitrogen and oxygen atoms in total. The minimum Gasteiger partial charge on any atom is -0.355 e. The van der Waals surface area contributed by atoms with Crippen molar-refractivity contribution in [2.75, 3.05) is 5.32 Å². The highest BCUT2D eigenvalue weighted by atomic mass is 14.9. The van der Waals surface area contributed by atoms with E-state index in [-0.39, 0.29) is 0 Å². The van der Waals surface area contributed by atoms with Crippen molar-refractivity contribution < 1.29 is 0 Å². The number of anilines is 2. The molecule has 1 heterocycles. The number of imidazole rings is 1. The van der Waals surface area contributed by atoms with E-state index in [0.717, 1.165) is 34.0 Å². The second-order valence-electron chi connectivity index (χ2n) is 7.93. The Morgan fingerprint density at radius 2 is 1.25 bits per heavy atom. The lowest BCUT2D eigenvalue weighted by Gasteiger charge is -2.11. The van der Waals surface area contributed by atoms with Crippen LogP contribution in [0.25, 0.3) is 44.2 Å². The van der Waals surface area contributed by atoms with Gasteiger partial charge in [0.25, 0.3) is 0 Å². The second kappa shape index (κ2) is 7.71. The maximum atomic E-state index is 4.91. The zero-order chi connectivity index (χ0) is 21.3. The normalized spacial score (nSPS) is 11.1. The number of nitrogens with zero attached hydrogens (tertiary/aromatic N) is 1. The molecule has 0 unspecified atom stereocenters. The molecule has 0 aliphatic rings. The molecule has 0 fully saturated rings. The van der Waals surface area contributed by atoms with Crippen molar-refractivity contribution in [1.29, 1.82) is 0 Å². The monoisotopic (exact) mass is 411 g/mol. The first-order valence-corrected chi connectivity index (χ1v) is 10.7. The smallest absolute Gasteiger partial charge is 0.140 e. The molecular formula is C29H21N3. The summed E-state index contributed by atoms with van der Waals surface area (Å²) in [6.45, 7) is 0. The molecule has 0 aliphatic heterocycles. The van der Waals surface area contributed by atoms with Crippen LogP contribution in [0.1, 0.15) is 0 Å². The molecule has 0 radical (unpaired) electrons. The zero-order valence-electron chi connectivity index (χ0n) is 17.4. The summed E-state index contributed by atoms with van der Waals surface area (Å²) in [5.41, 5.74) is 5.14. The van der Waals surface area contributed by atoms with E-state index in [0.29, 0.717) is 0 Å². The molecule has 0 aliphatic carbocycles. The Kier molecular flexibility index (Phi) is 4.43. The van der Waals surface area contributed by atoms with Crippen molar-refractivity contribution >= 4 is 32.9 Å². The molecule has 6 rings (SSSR count). The Morgan fingerprint density at radius 3 is 2.06 bits per heavy atom. The van der Waals surface area contributed by atoms with E-state index in [1.807, 2.05) is 18.3 Å². The van der Waals surface area contributed by atoms with Crippen molar-refractivity contribution in [2.45, 2.75) is 0 Å². The van der Waals surface area contributed by atoms with Crippen LogP contribution in [0.2, 0.25) is 0 Å². The van der Waals surface area contributed by atoms with Crippen molar-refractivity contribution in [3.05, 3.63) is 115 Å². The molecule has 3 heteroatoms. The summed E-state index contributed by atoms with van der Waals surface area (Å²) in [4.78, 5) is 8.29. The van der Waals surface area contributed by atoms with Gasteiger partial charge in [-0.1, -0.05) is 78.9 Å². The number of hydrogen-bond acceptors (Lipinski definition) is 2. The molecule has 6 aromatic rings. The van der Waals surface area contributed by atoms with E-state index >= 15 is 0 Å². The van der Waals surface area contributed by atoms with Gasteiger partial charge in [0.2, 0.25) is 0 Å². The maximum Gasteiger partial charge on any atom is 0.140 e. The average Bonchev–Trinajstić information content (AvgIpc) is 3.34. The van der Waals surface area contributed by atoms with Gasteiger partial charge in [0.1, 0.15) is 5.82 Å². The SMILES string of the molecule is c1ccc(-c2nc(-c3ccc4ccccc4c3)c[nH]2)c(Nc2ccc3ccccc3c2)c1. The molecule has 0 atom stereocenters. The number of hydrogen-bond donors (Lipinski definition) is 2. The van der Waals surface area contributed by atoms with Crippen LogP contribution < -0.4 is 5.32 Å². The van der Waals surface area contributed by atoms with Crippen LogP contribution in [-0.4, -0.2) is 9.97 Å². The van der Waals surface area contributed by atoms with Crippen molar-refractivity contribution in [1.82, 2.24) is 9.97 Å². The third kappa shape index (κ3) is 3.40. The van der Waals surface area contributed by atoms with Crippen LogP contribution >= 0.6 is 0 Å². The molecule has 0 bridgehead atoms. The van der Waals surface area contributed by atoms with E-state index < -0.39 is 0 Å². The number of rotatable bonds is 4. The zero-order valence-corrected chi connectivity index (χ0v) is 17.4. The summed E-state index contributed by atoms with van der Waals surface area (Å²) in [5.74, 6) is 0.844. The molecule has 32 heavy (non-hydrogen) atoms. The molecule has 152 valence electrons. The lowest BCUT2D eigenvalue weighted by Crippen LogP contribution is -1.94. The molecule has 5 aromatic carbocycles. The van der Waals surface area contributed by atoms with Gasteiger partial charge in [0.15, 0.2) is 0 Å². The molecule has 0 spiro atoms. The first-order valence-electron chi connectivity index (χ1n) is 10.7. The van der Waals surface area contributed by atoms with Crippen LogP contribution in [0.4, 0.5) is 11.4 Å². The molecule has 0 saturated heterocycles. The third-order valence-corrected chi connectivity index (χ3v) is 5.83. The summed E-state index contributed by atoms with van der Waals surface area (Å²) in [6, 6.07) is 37.9. The third-order valence-electron chi connectivity index (χ3n) is 5.83. The van der Waals surface area contributed by atoms with Crippen LogP contribution in [0.5, 0.6) is 0 Å².